The van der Waals surface area contributed by atoms with E-state index in [1.54, 1.807) is 24.3 Å². The molecule has 1 aliphatic carbocycles. The number of nitrogens with one attached hydrogen (secondary N) is 3. The van der Waals surface area contributed by atoms with Crippen molar-refractivity contribution in [3.63, 3.8) is 0 Å². The first kappa shape index (κ1) is 23.5. The first-order valence-corrected chi connectivity index (χ1v) is 12.0. The molecule has 1 aliphatic heterocycles. The van der Waals surface area contributed by atoms with E-state index >= 15 is 0 Å². The Bertz CT molecular complexity index is 1040. The number of piperidine rings is 1. The fourth-order valence-corrected chi connectivity index (χ4v) is 4.00. The maximum atomic E-state index is 12.7. The van der Waals surface area contributed by atoms with Crippen LogP contribution in [0.25, 0.3) is 6.08 Å². The summed E-state index contributed by atoms with van der Waals surface area (Å²) < 4.78 is 0. The van der Waals surface area contributed by atoms with Gasteiger partial charge in [-0.15, -0.1) is 0 Å². The number of benzene rings is 2. The topological polar surface area (TPSA) is 90.5 Å². The molecule has 1 saturated carbocycles. The predicted molar refractivity (Wildman–Crippen MR) is 133 cm³/mol. The highest BCUT2D eigenvalue weighted by Crippen LogP contribution is 2.20. The SMILES string of the molecule is Cc1ccc(NC(=O)NCC2CCCN(C(=O)/C=C/c3ccc(C(=O)NC4CC4)cc3)C2)cc1. The van der Waals surface area contributed by atoms with Crippen molar-refractivity contribution in [2.75, 3.05) is 25.0 Å². The Morgan fingerprint density at radius 3 is 2.44 bits per heavy atom. The number of carbonyl (C=O) groups is 3. The number of rotatable bonds is 7. The third-order valence-electron chi connectivity index (χ3n) is 6.20. The first-order valence-electron chi connectivity index (χ1n) is 12.0. The second kappa shape index (κ2) is 11.0. The average Bonchev–Trinajstić information content (AvgIpc) is 3.67. The molecule has 34 heavy (non-hydrogen) atoms. The van der Waals surface area contributed by atoms with Crippen LogP contribution in [0.4, 0.5) is 10.5 Å². The van der Waals surface area contributed by atoms with Crippen molar-refractivity contribution in [2.45, 2.75) is 38.6 Å². The van der Waals surface area contributed by atoms with E-state index < -0.39 is 0 Å². The highest BCUT2D eigenvalue weighted by Gasteiger charge is 2.24. The van der Waals surface area contributed by atoms with Gasteiger partial charge in [-0.25, -0.2) is 4.79 Å². The molecule has 4 rings (SSSR count). The van der Waals surface area contributed by atoms with Gasteiger partial charge in [-0.3, -0.25) is 9.59 Å². The molecule has 2 aromatic rings. The second-order valence-corrected chi connectivity index (χ2v) is 9.20. The van der Waals surface area contributed by atoms with E-state index in [9.17, 15) is 14.4 Å². The Labute approximate surface area is 200 Å². The summed E-state index contributed by atoms with van der Waals surface area (Å²) in [4.78, 5) is 38.8. The Balaban J connectivity index is 1.22. The van der Waals surface area contributed by atoms with Crippen LogP contribution in [0.1, 0.15) is 47.2 Å². The van der Waals surface area contributed by atoms with Gasteiger partial charge in [-0.05, 0) is 74.4 Å². The third kappa shape index (κ3) is 6.94. The zero-order valence-corrected chi connectivity index (χ0v) is 19.5. The van der Waals surface area contributed by atoms with Crippen LogP contribution < -0.4 is 16.0 Å². The highest BCUT2D eigenvalue weighted by atomic mass is 16.2. The van der Waals surface area contributed by atoms with E-state index in [4.69, 9.17) is 0 Å². The van der Waals surface area contributed by atoms with Gasteiger partial charge < -0.3 is 20.9 Å². The zero-order valence-electron chi connectivity index (χ0n) is 19.5. The fraction of sp³-hybridized carbons (Fsp3) is 0.370. The van der Waals surface area contributed by atoms with Crippen LogP contribution in [0, 0.1) is 12.8 Å². The van der Waals surface area contributed by atoms with E-state index in [1.165, 1.54) is 0 Å². The molecule has 0 spiro atoms. The molecule has 1 atom stereocenters. The van der Waals surface area contributed by atoms with Crippen LogP contribution >= 0.6 is 0 Å². The van der Waals surface area contributed by atoms with Crippen LogP contribution in [0.3, 0.4) is 0 Å². The Hall–Kier alpha value is -3.61. The molecule has 2 aliphatic rings. The molecule has 1 unspecified atom stereocenters. The van der Waals surface area contributed by atoms with Crippen LogP contribution in [-0.4, -0.2) is 48.4 Å². The van der Waals surface area contributed by atoms with Crippen molar-refractivity contribution in [2.24, 2.45) is 5.92 Å². The van der Waals surface area contributed by atoms with Gasteiger partial charge in [-0.1, -0.05) is 29.8 Å². The number of nitrogens with zero attached hydrogens (tertiary/aromatic N) is 1. The lowest BCUT2D eigenvalue weighted by Crippen LogP contribution is -2.43. The standard InChI is InChI=1S/C27H32N4O3/c1-19-4-11-24(12-5-19)30-27(34)28-17-21-3-2-16-31(18-21)25(32)15-8-20-6-9-22(10-7-20)26(33)29-23-13-14-23/h4-12,15,21,23H,2-3,13-14,16-18H2,1H3,(H,29,33)(H2,28,30,34)/b15-8+. The Kier molecular flexibility index (Phi) is 7.62. The molecule has 3 N–H and O–H groups in total. The van der Waals surface area contributed by atoms with E-state index in [1.807, 2.05) is 48.2 Å². The van der Waals surface area contributed by atoms with Crippen molar-refractivity contribution in [3.05, 3.63) is 71.3 Å². The fourth-order valence-electron chi connectivity index (χ4n) is 4.00. The molecule has 0 aromatic heterocycles. The van der Waals surface area contributed by atoms with E-state index in [-0.39, 0.29) is 23.8 Å². The van der Waals surface area contributed by atoms with Crippen LogP contribution in [0.2, 0.25) is 0 Å². The van der Waals surface area contributed by atoms with Crippen molar-refractivity contribution in [1.82, 2.24) is 15.5 Å². The van der Waals surface area contributed by atoms with E-state index in [2.05, 4.69) is 16.0 Å². The van der Waals surface area contributed by atoms with Gasteiger partial charge in [0.05, 0.1) is 0 Å². The summed E-state index contributed by atoms with van der Waals surface area (Å²) in [6.07, 6.45) is 7.37. The van der Waals surface area contributed by atoms with Crippen molar-refractivity contribution < 1.29 is 14.4 Å². The molecular formula is C27H32N4O3. The van der Waals surface area contributed by atoms with Gasteiger partial charge in [0.2, 0.25) is 5.91 Å². The first-order chi connectivity index (χ1) is 16.5. The van der Waals surface area contributed by atoms with Crippen LogP contribution in [0.15, 0.2) is 54.6 Å². The molecule has 1 heterocycles. The summed E-state index contributed by atoms with van der Waals surface area (Å²) in [5.74, 6) is 0.137. The number of amides is 4. The number of urea groups is 1. The lowest BCUT2D eigenvalue weighted by Gasteiger charge is -2.32. The summed E-state index contributed by atoms with van der Waals surface area (Å²) in [6, 6.07) is 15.0. The molecule has 2 fully saturated rings. The Morgan fingerprint density at radius 2 is 1.74 bits per heavy atom. The molecule has 7 heteroatoms. The normalized spacial score (nSPS) is 17.9. The summed E-state index contributed by atoms with van der Waals surface area (Å²) in [7, 11) is 0. The number of hydrogen-bond donors (Lipinski definition) is 3. The van der Waals surface area contributed by atoms with Crippen LogP contribution in [-0.2, 0) is 4.79 Å². The van der Waals surface area contributed by atoms with Crippen molar-refractivity contribution in [3.8, 4) is 0 Å². The third-order valence-corrected chi connectivity index (χ3v) is 6.20. The number of likely N-dealkylation sites (tertiary alicyclic amines) is 1. The lowest BCUT2D eigenvalue weighted by atomic mass is 9.98. The largest absolute Gasteiger partial charge is 0.349 e. The van der Waals surface area contributed by atoms with E-state index in [0.29, 0.717) is 24.7 Å². The number of anilines is 1. The van der Waals surface area contributed by atoms with Crippen molar-refractivity contribution in [1.29, 1.82) is 0 Å². The molecular weight excluding hydrogens is 428 g/mol. The van der Waals surface area contributed by atoms with Crippen LogP contribution in [0.5, 0.6) is 0 Å². The number of hydrogen-bond acceptors (Lipinski definition) is 3. The number of carbonyl (C=O) groups excluding carboxylic acids is 3. The average molecular weight is 461 g/mol. The molecule has 178 valence electrons. The van der Waals surface area contributed by atoms with Crippen molar-refractivity contribution >= 4 is 29.6 Å². The monoisotopic (exact) mass is 460 g/mol. The van der Waals surface area contributed by atoms with Gasteiger partial charge in [-0.2, -0.15) is 0 Å². The van der Waals surface area contributed by atoms with Gasteiger partial charge in [0.1, 0.15) is 0 Å². The lowest BCUT2D eigenvalue weighted by molar-refractivity contribution is -0.127. The smallest absolute Gasteiger partial charge is 0.319 e. The predicted octanol–water partition coefficient (Wildman–Crippen LogP) is 3.96. The summed E-state index contributed by atoms with van der Waals surface area (Å²) >= 11 is 0. The quantitative estimate of drug-likeness (QED) is 0.546. The van der Waals surface area contributed by atoms with E-state index in [0.717, 1.165) is 49.0 Å². The highest BCUT2D eigenvalue weighted by molar-refractivity contribution is 5.95. The van der Waals surface area contributed by atoms with Gasteiger partial charge >= 0.3 is 6.03 Å². The van der Waals surface area contributed by atoms with Gasteiger partial charge in [0.15, 0.2) is 0 Å². The van der Waals surface area contributed by atoms with Gasteiger partial charge in [0.25, 0.3) is 5.91 Å². The maximum absolute atomic E-state index is 12.7. The molecule has 4 amide bonds. The minimum absolute atomic E-state index is 0.0376. The minimum atomic E-state index is -0.235. The molecule has 7 nitrogen and oxygen atoms in total. The Morgan fingerprint density at radius 1 is 1.00 bits per heavy atom. The number of aryl methyl sites for hydroxylation is 1. The molecule has 0 radical (unpaired) electrons. The molecule has 1 saturated heterocycles. The molecule has 2 aromatic carbocycles. The van der Waals surface area contributed by atoms with Gasteiger partial charge in [0, 0.05) is 43.0 Å². The maximum Gasteiger partial charge on any atom is 0.319 e. The zero-order chi connectivity index (χ0) is 23.9. The molecule has 0 bridgehead atoms. The summed E-state index contributed by atoms with van der Waals surface area (Å²) in [5, 5.41) is 8.73. The second-order valence-electron chi connectivity index (χ2n) is 9.20. The summed E-state index contributed by atoms with van der Waals surface area (Å²) in [6.45, 7) is 3.86. The minimum Gasteiger partial charge on any atom is -0.349 e. The summed E-state index contributed by atoms with van der Waals surface area (Å²) in [5.41, 5.74) is 3.40.